The minimum absolute atomic E-state index is 0.344. The fourth-order valence-corrected chi connectivity index (χ4v) is 2.96. The zero-order valence-corrected chi connectivity index (χ0v) is 13.0. The van der Waals surface area contributed by atoms with E-state index in [0.717, 1.165) is 36.3 Å². The van der Waals surface area contributed by atoms with Crippen LogP contribution in [-0.4, -0.2) is 28.6 Å². The summed E-state index contributed by atoms with van der Waals surface area (Å²) in [6, 6.07) is 17.6. The lowest BCUT2D eigenvalue weighted by Gasteiger charge is -2.21. The van der Waals surface area contributed by atoms with Crippen LogP contribution in [0.15, 0.2) is 54.6 Å². The fourth-order valence-electron chi connectivity index (χ4n) is 2.96. The Morgan fingerprint density at radius 3 is 2.52 bits per heavy atom. The monoisotopic (exact) mass is 311 g/mol. The molecule has 0 saturated carbocycles. The molecule has 0 amide bonds. The van der Waals surface area contributed by atoms with E-state index in [1.807, 2.05) is 59.5 Å². The van der Waals surface area contributed by atoms with Crippen LogP contribution in [0.5, 0.6) is 5.75 Å². The van der Waals surface area contributed by atoms with E-state index in [1.54, 1.807) is 0 Å². The van der Waals surface area contributed by atoms with Crippen LogP contribution in [0.2, 0.25) is 0 Å². The van der Waals surface area contributed by atoms with Gasteiger partial charge in [-0.3, -0.25) is 9.69 Å². The SMILES string of the molecule is O=C(O)[C@H]1CCCN1Cc1ccc(OCc2ccccc2)cc1. The van der Waals surface area contributed by atoms with Crippen molar-refractivity contribution in [2.75, 3.05) is 6.54 Å². The van der Waals surface area contributed by atoms with Gasteiger partial charge < -0.3 is 9.84 Å². The molecular weight excluding hydrogens is 290 g/mol. The Kier molecular flexibility index (Phi) is 4.93. The Hall–Kier alpha value is -2.33. The minimum atomic E-state index is -0.717. The van der Waals surface area contributed by atoms with Crippen molar-refractivity contribution in [2.45, 2.75) is 32.0 Å². The van der Waals surface area contributed by atoms with E-state index in [9.17, 15) is 9.90 Å². The summed E-state index contributed by atoms with van der Waals surface area (Å²) in [7, 11) is 0. The summed E-state index contributed by atoms with van der Waals surface area (Å²) < 4.78 is 5.77. The smallest absolute Gasteiger partial charge is 0.320 e. The summed E-state index contributed by atoms with van der Waals surface area (Å²) in [4.78, 5) is 13.2. The summed E-state index contributed by atoms with van der Waals surface area (Å²) in [5, 5.41) is 9.22. The molecule has 1 fully saturated rings. The van der Waals surface area contributed by atoms with E-state index in [-0.39, 0.29) is 6.04 Å². The Balaban J connectivity index is 1.56. The van der Waals surface area contributed by atoms with E-state index < -0.39 is 5.97 Å². The molecule has 4 nitrogen and oxygen atoms in total. The molecule has 2 aromatic rings. The van der Waals surface area contributed by atoms with E-state index in [2.05, 4.69) is 0 Å². The number of hydrogen-bond acceptors (Lipinski definition) is 3. The molecule has 23 heavy (non-hydrogen) atoms. The van der Waals surface area contributed by atoms with Crippen LogP contribution >= 0.6 is 0 Å². The number of hydrogen-bond donors (Lipinski definition) is 1. The lowest BCUT2D eigenvalue weighted by atomic mass is 10.1. The molecule has 1 heterocycles. The third-order valence-corrected chi connectivity index (χ3v) is 4.21. The fraction of sp³-hybridized carbons (Fsp3) is 0.316. The molecule has 0 unspecified atom stereocenters. The molecule has 120 valence electrons. The summed E-state index contributed by atoms with van der Waals surface area (Å²) >= 11 is 0. The number of carboxylic acid groups (broad SMARTS) is 1. The van der Waals surface area contributed by atoms with Gasteiger partial charge in [0.2, 0.25) is 0 Å². The Labute approximate surface area is 136 Å². The van der Waals surface area contributed by atoms with Gasteiger partial charge in [0.1, 0.15) is 18.4 Å². The van der Waals surface area contributed by atoms with Crippen molar-refractivity contribution in [1.82, 2.24) is 4.90 Å². The van der Waals surface area contributed by atoms with Crippen LogP contribution in [0, 0.1) is 0 Å². The van der Waals surface area contributed by atoms with Crippen molar-refractivity contribution < 1.29 is 14.6 Å². The van der Waals surface area contributed by atoms with Crippen LogP contribution < -0.4 is 4.74 Å². The van der Waals surface area contributed by atoms with Gasteiger partial charge in [-0.15, -0.1) is 0 Å². The molecular formula is C19H21NO3. The number of nitrogens with zero attached hydrogens (tertiary/aromatic N) is 1. The molecule has 1 N–H and O–H groups in total. The van der Waals surface area contributed by atoms with Crippen LogP contribution in [0.1, 0.15) is 24.0 Å². The number of carbonyl (C=O) groups is 1. The molecule has 1 aliphatic rings. The standard InChI is InChI=1S/C19H21NO3/c21-19(22)18-7-4-12-20(18)13-15-8-10-17(11-9-15)23-14-16-5-2-1-3-6-16/h1-3,5-6,8-11,18H,4,7,12-14H2,(H,21,22)/t18-/m1/s1. The van der Waals surface area contributed by atoms with Gasteiger partial charge in [-0.25, -0.2) is 0 Å². The second kappa shape index (κ2) is 7.29. The van der Waals surface area contributed by atoms with Crippen LogP contribution in [-0.2, 0) is 17.9 Å². The predicted molar refractivity (Wildman–Crippen MR) is 88.3 cm³/mol. The van der Waals surface area contributed by atoms with E-state index in [0.29, 0.717) is 13.2 Å². The lowest BCUT2D eigenvalue weighted by molar-refractivity contribution is -0.142. The minimum Gasteiger partial charge on any atom is -0.489 e. The maximum absolute atomic E-state index is 11.2. The molecule has 0 spiro atoms. The average molecular weight is 311 g/mol. The molecule has 3 rings (SSSR count). The molecule has 0 aromatic heterocycles. The van der Waals surface area contributed by atoms with Crippen molar-refractivity contribution in [3.05, 3.63) is 65.7 Å². The van der Waals surface area contributed by atoms with Crippen molar-refractivity contribution in [3.8, 4) is 5.75 Å². The molecule has 2 aromatic carbocycles. The third-order valence-electron chi connectivity index (χ3n) is 4.21. The summed E-state index contributed by atoms with van der Waals surface area (Å²) in [5.41, 5.74) is 2.25. The van der Waals surface area contributed by atoms with Gasteiger partial charge in [0.15, 0.2) is 0 Å². The number of carboxylic acids is 1. The van der Waals surface area contributed by atoms with Gasteiger partial charge in [-0.2, -0.15) is 0 Å². The normalized spacial score (nSPS) is 18.0. The van der Waals surface area contributed by atoms with Crippen molar-refractivity contribution in [3.63, 3.8) is 0 Å². The Morgan fingerprint density at radius 1 is 1.09 bits per heavy atom. The average Bonchev–Trinajstić information content (AvgIpc) is 3.04. The summed E-state index contributed by atoms with van der Waals surface area (Å²) in [6.07, 6.45) is 1.70. The highest BCUT2D eigenvalue weighted by Gasteiger charge is 2.30. The van der Waals surface area contributed by atoms with Crippen LogP contribution in [0.25, 0.3) is 0 Å². The van der Waals surface area contributed by atoms with Gasteiger partial charge >= 0.3 is 5.97 Å². The molecule has 1 aliphatic heterocycles. The predicted octanol–water partition coefficient (Wildman–Crippen LogP) is 3.31. The quantitative estimate of drug-likeness (QED) is 0.889. The highest BCUT2D eigenvalue weighted by molar-refractivity contribution is 5.73. The largest absolute Gasteiger partial charge is 0.489 e. The number of ether oxygens (including phenoxy) is 1. The third kappa shape index (κ3) is 4.11. The summed E-state index contributed by atoms with van der Waals surface area (Å²) in [6.45, 7) is 2.08. The van der Waals surface area contributed by atoms with E-state index >= 15 is 0 Å². The Morgan fingerprint density at radius 2 is 1.83 bits per heavy atom. The first-order chi connectivity index (χ1) is 11.2. The zero-order valence-electron chi connectivity index (χ0n) is 13.0. The number of aliphatic carboxylic acids is 1. The summed E-state index contributed by atoms with van der Waals surface area (Å²) in [5.74, 6) is 0.110. The first-order valence-electron chi connectivity index (χ1n) is 7.95. The molecule has 1 atom stereocenters. The molecule has 0 aliphatic carbocycles. The number of likely N-dealkylation sites (tertiary alicyclic amines) is 1. The van der Waals surface area contributed by atoms with E-state index in [1.165, 1.54) is 0 Å². The van der Waals surface area contributed by atoms with Gasteiger partial charge in [0.05, 0.1) is 0 Å². The second-order valence-corrected chi connectivity index (χ2v) is 5.88. The van der Waals surface area contributed by atoms with Crippen LogP contribution in [0.3, 0.4) is 0 Å². The first kappa shape index (κ1) is 15.6. The van der Waals surface area contributed by atoms with E-state index in [4.69, 9.17) is 4.74 Å². The maximum Gasteiger partial charge on any atom is 0.320 e. The van der Waals surface area contributed by atoms with Crippen molar-refractivity contribution in [2.24, 2.45) is 0 Å². The topological polar surface area (TPSA) is 49.8 Å². The maximum atomic E-state index is 11.2. The van der Waals surface area contributed by atoms with Gasteiger partial charge in [0.25, 0.3) is 0 Å². The number of rotatable bonds is 6. The van der Waals surface area contributed by atoms with Crippen LogP contribution in [0.4, 0.5) is 0 Å². The zero-order chi connectivity index (χ0) is 16.1. The van der Waals surface area contributed by atoms with Crippen molar-refractivity contribution >= 4 is 5.97 Å². The van der Waals surface area contributed by atoms with Gasteiger partial charge in [-0.1, -0.05) is 42.5 Å². The lowest BCUT2D eigenvalue weighted by Crippen LogP contribution is -2.35. The van der Waals surface area contributed by atoms with Gasteiger partial charge in [-0.05, 0) is 42.6 Å². The number of benzene rings is 2. The molecule has 0 radical (unpaired) electrons. The molecule has 0 bridgehead atoms. The highest BCUT2D eigenvalue weighted by atomic mass is 16.5. The Bertz CT molecular complexity index is 639. The highest BCUT2D eigenvalue weighted by Crippen LogP contribution is 2.21. The second-order valence-electron chi connectivity index (χ2n) is 5.88. The molecule has 1 saturated heterocycles. The molecule has 4 heteroatoms. The van der Waals surface area contributed by atoms with Crippen molar-refractivity contribution in [1.29, 1.82) is 0 Å². The first-order valence-corrected chi connectivity index (χ1v) is 7.95. The van der Waals surface area contributed by atoms with Gasteiger partial charge in [0, 0.05) is 6.54 Å².